The minimum Gasteiger partial charge on any atom is -0.356 e. The second kappa shape index (κ2) is 6.74. The van der Waals surface area contributed by atoms with Crippen molar-refractivity contribution in [1.82, 2.24) is 20.3 Å². The van der Waals surface area contributed by atoms with Crippen molar-refractivity contribution in [3.63, 3.8) is 0 Å². The highest BCUT2D eigenvalue weighted by atomic mass is 16.1. The van der Waals surface area contributed by atoms with Gasteiger partial charge in [0.15, 0.2) is 0 Å². The second-order valence-electron chi connectivity index (χ2n) is 3.73. The first-order chi connectivity index (χ1) is 8.13. The lowest BCUT2D eigenvalue weighted by Crippen LogP contribution is -2.28. The van der Waals surface area contributed by atoms with Gasteiger partial charge in [-0.3, -0.25) is 4.79 Å². The van der Waals surface area contributed by atoms with Gasteiger partial charge in [-0.2, -0.15) is 4.98 Å². The number of anilines is 1. The van der Waals surface area contributed by atoms with Crippen LogP contribution in [0.5, 0.6) is 0 Å². The maximum Gasteiger partial charge on any atom is 0.228 e. The molecule has 0 aromatic carbocycles. The maximum atomic E-state index is 11.2. The Kier molecular flexibility index (Phi) is 5.28. The Balaban J connectivity index is 2.41. The fraction of sp³-hybridized carbons (Fsp3) is 0.600. The van der Waals surface area contributed by atoms with E-state index in [1.165, 1.54) is 6.33 Å². The van der Waals surface area contributed by atoms with E-state index in [0.29, 0.717) is 37.7 Å². The van der Waals surface area contributed by atoms with Gasteiger partial charge in [0.2, 0.25) is 11.9 Å². The number of nitrogens with one attached hydrogen (secondary N) is 1. The van der Waals surface area contributed by atoms with Crippen molar-refractivity contribution in [1.29, 1.82) is 0 Å². The molecule has 1 rings (SSSR count). The van der Waals surface area contributed by atoms with E-state index >= 15 is 0 Å². The molecular weight excluding hydrogens is 220 g/mol. The SMILES string of the molecule is CN(C)c1ncnc(CCNC(=O)CCN)n1. The van der Waals surface area contributed by atoms with Gasteiger partial charge < -0.3 is 16.0 Å². The summed E-state index contributed by atoms with van der Waals surface area (Å²) in [6, 6.07) is 0. The number of nitrogens with zero attached hydrogens (tertiary/aromatic N) is 4. The van der Waals surface area contributed by atoms with Crippen molar-refractivity contribution >= 4 is 11.9 Å². The average Bonchev–Trinajstić information content (AvgIpc) is 2.30. The zero-order chi connectivity index (χ0) is 12.7. The predicted octanol–water partition coefficient (Wildman–Crippen LogP) is -1.05. The third-order valence-electron chi connectivity index (χ3n) is 2.05. The molecule has 0 fully saturated rings. The molecule has 7 nitrogen and oxygen atoms in total. The van der Waals surface area contributed by atoms with E-state index in [1.54, 1.807) is 4.90 Å². The molecule has 0 saturated carbocycles. The zero-order valence-corrected chi connectivity index (χ0v) is 10.2. The summed E-state index contributed by atoms with van der Waals surface area (Å²) in [4.78, 5) is 25.3. The molecule has 17 heavy (non-hydrogen) atoms. The van der Waals surface area contributed by atoms with Gasteiger partial charge in [0.25, 0.3) is 0 Å². The van der Waals surface area contributed by atoms with E-state index in [4.69, 9.17) is 5.73 Å². The van der Waals surface area contributed by atoms with Gasteiger partial charge in [-0.25, -0.2) is 9.97 Å². The summed E-state index contributed by atoms with van der Waals surface area (Å²) < 4.78 is 0. The molecule has 3 N–H and O–H groups in total. The molecule has 0 aliphatic heterocycles. The Hall–Kier alpha value is -1.76. The lowest BCUT2D eigenvalue weighted by Gasteiger charge is -2.10. The fourth-order valence-corrected chi connectivity index (χ4v) is 1.19. The van der Waals surface area contributed by atoms with E-state index in [2.05, 4.69) is 20.3 Å². The summed E-state index contributed by atoms with van der Waals surface area (Å²) >= 11 is 0. The summed E-state index contributed by atoms with van der Waals surface area (Å²) in [6.07, 6.45) is 2.40. The van der Waals surface area contributed by atoms with E-state index in [1.807, 2.05) is 14.1 Å². The molecule has 0 saturated heterocycles. The molecule has 1 heterocycles. The first-order valence-corrected chi connectivity index (χ1v) is 5.45. The molecule has 7 heteroatoms. The Labute approximate surface area is 100 Å². The van der Waals surface area contributed by atoms with Crippen molar-refractivity contribution in [2.75, 3.05) is 32.1 Å². The summed E-state index contributed by atoms with van der Waals surface area (Å²) in [5, 5.41) is 2.75. The standard InChI is InChI=1S/C10H18N6O/c1-16(2)10-14-7-13-8(15-10)4-6-12-9(17)3-5-11/h7H,3-6,11H2,1-2H3,(H,12,17). The maximum absolute atomic E-state index is 11.2. The Bertz CT molecular complexity index is 368. The number of rotatable bonds is 6. The number of hydrogen-bond donors (Lipinski definition) is 2. The van der Waals surface area contributed by atoms with Crippen molar-refractivity contribution < 1.29 is 4.79 Å². The van der Waals surface area contributed by atoms with Gasteiger partial charge in [0, 0.05) is 40.0 Å². The normalized spacial score (nSPS) is 10.1. The lowest BCUT2D eigenvalue weighted by molar-refractivity contribution is -0.120. The van der Waals surface area contributed by atoms with Gasteiger partial charge in [0.1, 0.15) is 12.2 Å². The number of nitrogens with two attached hydrogens (primary N) is 1. The molecule has 0 bridgehead atoms. The van der Waals surface area contributed by atoms with Crippen LogP contribution in [0.3, 0.4) is 0 Å². The van der Waals surface area contributed by atoms with Crippen molar-refractivity contribution in [2.45, 2.75) is 12.8 Å². The van der Waals surface area contributed by atoms with Crippen LogP contribution >= 0.6 is 0 Å². The molecule has 0 spiro atoms. The highest BCUT2D eigenvalue weighted by Gasteiger charge is 2.03. The Morgan fingerprint density at radius 1 is 1.47 bits per heavy atom. The van der Waals surface area contributed by atoms with Crippen LogP contribution in [0.15, 0.2) is 6.33 Å². The molecule has 94 valence electrons. The molecule has 0 unspecified atom stereocenters. The van der Waals surface area contributed by atoms with Gasteiger partial charge in [-0.15, -0.1) is 0 Å². The van der Waals surface area contributed by atoms with Gasteiger partial charge >= 0.3 is 0 Å². The van der Waals surface area contributed by atoms with E-state index < -0.39 is 0 Å². The van der Waals surface area contributed by atoms with Crippen LogP contribution in [-0.2, 0) is 11.2 Å². The van der Waals surface area contributed by atoms with Crippen LogP contribution < -0.4 is 16.0 Å². The lowest BCUT2D eigenvalue weighted by atomic mass is 10.3. The second-order valence-corrected chi connectivity index (χ2v) is 3.73. The predicted molar refractivity (Wildman–Crippen MR) is 64.5 cm³/mol. The quantitative estimate of drug-likeness (QED) is 0.656. The monoisotopic (exact) mass is 238 g/mol. The minimum atomic E-state index is -0.0469. The minimum absolute atomic E-state index is 0.0469. The number of carbonyl (C=O) groups is 1. The van der Waals surface area contributed by atoms with Crippen molar-refractivity contribution in [2.24, 2.45) is 5.73 Å². The van der Waals surface area contributed by atoms with Gasteiger partial charge in [-0.05, 0) is 0 Å². The Morgan fingerprint density at radius 3 is 2.88 bits per heavy atom. The Morgan fingerprint density at radius 2 is 2.24 bits per heavy atom. The summed E-state index contributed by atoms with van der Waals surface area (Å²) in [5.41, 5.74) is 5.27. The molecule has 1 aromatic rings. The average molecular weight is 238 g/mol. The highest BCUT2D eigenvalue weighted by Crippen LogP contribution is 2.00. The largest absolute Gasteiger partial charge is 0.356 e. The first kappa shape index (κ1) is 13.3. The van der Waals surface area contributed by atoms with Crippen LogP contribution in [0, 0.1) is 0 Å². The molecule has 0 radical (unpaired) electrons. The first-order valence-electron chi connectivity index (χ1n) is 5.45. The number of aromatic nitrogens is 3. The molecule has 0 aliphatic rings. The van der Waals surface area contributed by atoms with E-state index in [-0.39, 0.29) is 5.91 Å². The van der Waals surface area contributed by atoms with Crippen LogP contribution in [0.25, 0.3) is 0 Å². The molecule has 0 aliphatic carbocycles. The number of hydrogen-bond acceptors (Lipinski definition) is 6. The van der Waals surface area contributed by atoms with Crippen molar-refractivity contribution in [3.8, 4) is 0 Å². The summed E-state index contributed by atoms with van der Waals surface area (Å²) in [5.74, 6) is 1.23. The summed E-state index contributed by atoms with van der Waals surface area (Å²) in [6.45, 7) is 0.873. The van der Waals surface area contributed by atoms with Crippen LogP contribution in [0.4, 0.5) is 5.95 Å². The summed E-state index contributed by atoms with van der Waals surface area (Å²) in [7, 11) is 3.73. The molecular formula is C10H18N6O. The zero-order valence-electron chi connectivity index (χ0n) is 10.2. The van der Waals surface area contributed by atoms with Gasteiger partial charge in [0.05, 0.1) is 0 Å². The van der Waals surface area contributed by atoms with Crippen LogP contribution in [0.2, 0.25) is 0 Å². The van der Waals surface area contributed by atoms with Crippen molar-refractivity contribution in [3.05, 3.63) is 12.2 Å². The van der Waals surface area contributed by atoms with E-state index in [0.717, 1.165) is 0 Å². The van der Waals surface area contributed by atoms with E-state index in [9.17, 15) is 4.79 Å². The number of amides is 1. The topological polar surface area (TPSA) is 97.0 Å². The van der Waals surface area contributed by atoms with Crippen LogP contribution in [-0.4, -0.2) is 48.0 Å². The molecule has 1 aromatic heterocycles. The highest BCUT2D eigenvalue weighted by molar-refractivity contribution is 5.75. The molecule has 0 atom stereocenters. The third kappa shape index (κ3) is 4.73. The third-order valence-corrected chi connectivity index (χ3v) is 2.05. The number of carbonyl (C=O) groups excluding carboxylic acids is 1. The fourth-order valence-electron chi connectivity index (χ4n) is 1.19. The van der Waals surface area contributed by atoms with Crippen LogP contribution in [0.1, 0.15) is 12.2 Å². The smallest absolute Gasteiger partial charge is 0.228 e. The van der Waals surface area contributed by atoms with Gasteiger partial charge in [-0.1, -0.05) is 0 Å². The molecule has 1 amide bonds.